The summed E-state index contributed by atoms with van der Waals surface area (Å²) >= 11 is 0. The van der Waals surface area contributed by atoms with Crippen LogP contribution in [0.4, 0.5) is 0 Å². The lowest BCUT2D eigenvalue weighted by Crippen LogP contribution is -2.47. The molecule has 0 aliphatic carbocycles. The second-order valence-electron chi connectivity index (χ2n) is 3.46. The summed E-state index contributed by atoms with van der Waals surface area (Å²) < 4.78 is 0. The van der Waals surface area contributed by atoms with E-state index in [0.717, 1.165) is 19.3 Å². The number of carboxylic acids is 1. The summed E-state index contributed by atoms with van der Waals surface area (Å²) in [6, 6.07) is 0. The van der Waals surface area contributed by atoms with Crippen LogP contribution in [0.2, 0.25) is 0 Å². The van der Waals surface area contributed by atoms with Crippen molar-refractivity contribution in [2.45, 2.75) is 52.0 Å². The molecule has 14 heavy (non-hydrogen) atoms. The summed E-state index contributed by atoms with van der Waals surface area (Å²) in [7, 11) is 0. The highest BCUT2D eigenvalue weighted by molar-refractivity contribution is 5.93. The number of rotatable bonds is 6. The largest absolute Gasteiger partial charge is 0.481 e. The Morgan fingerprint density at radius 2 is 1.57 bits per heavy atom. The molecule has 0 atom stereocenters. The van der Waals surface area contributed by atoms with Crippen molar-refractivity contribution in [1.82, 2.24) is 5.32 Å². The molecule has 2 N–H and O–H groups in total. The van der Waals surface area contributed by atoms with Gasteiger partial charge in [-0.15, -0.1) is 0 Å². The van der Waals surface area contributed by atoms with E-state index >= 15 is 0 Å². The van der Waals surface area contributed by atoms with Gasteiger partial charge in [0, 0.05) is 5.54 Å². The van der Waals surface area contributed by atoms with Crippen LogP contribution in [-0.4, -0.2) is 22.5 Å². The quantitative estimate of drug-likeness (QED) is 0.641. The van der Waals surface area contributed by atoms with Crippen LogP contribution in [0.25, 0.3) is 0 Å². The minimum Gasteiger partial charge on any atom is -0.481 e. The number of hydrogen-bond donors (Lipinski definition) is 2. The summed E-state index contributed by atoms with van der Waals surface area (Å²) in [5.74, 6) is -1.48. The first-order valence-corrected chi connectivity index (χ1v) is 5.02. The zero-order valence-corrected chi connectivity index (χ0v) is 9.09. The van der Waals surface area contributed by atoms with Crippen molar-refractivity contribution >= 4 is 11.9 Å². The first-order chi connectivity index (χ1) is 6.49. The average Bonchev–Trinajstić information content (AvgIpc) is 2.13. The summed E-state index contributed by atoms with van der Waals surface area (Å²) in [4.78, 5) is 21.6. The molecule has 0 aromatic rings. The third kappa shape index (κ3) is 3.77. The van der Waals surface area contributed by atoms with Crippen molar-refractivity contribution in [3.8, 4) is 0 Å². The third-order valence-corrected chi connectivity index (χ3v) is 2.75. The molecule has 0 aromatic carbocycles. The Morgan fingerprint density at radius 3 is 1.86 bits per heavy atom. The number of carbonyl (C=O) groups is 2. The van der Waals surface area contributed by atoms with Crippen LogP contribution in [0.5, 0.6) is 0 Å². The van der Waals surface area contributed by atoms with Gasteiger partial charge in [-0.3, -0.25) is 9.59 Å². The van der Waals surface area contributed by atoms with Crippen LogP contribution in [0, 0.1) is 0 Å². The van der Waals surface area contributed by atoms with Crippen LogP contribution >= 0.6 is 0 Å². The molecule has 4 nitrogen and oxygen atoms in total. The maximum absolute atomic E-state index is 11.3. The standard InChI is InChI=1S/C10H19NO3/c1-4-10(5-2,6-3)11-8(12)7-9(13)14/h4-7H2,1-3H3,(H,11,12)(H,13,14). The van der Waals surface area contributed by atoms with Crippen molar-refractivity contribution in [1.29, 1.82) is 0 Å². The van der Waals surface area contributed by atoms with Gasteiger partial charge < -0.3 is 10.4 Å². The number of hydrogen-bond acceptors (Lipinski definition) is 2. The Balaban J connectivity index is 4.29. The van der Waals surface area contributed by atoms with Gasteiger partial charge in [-0.2, -0.15) is 0 Å². The molecular formula is C10H19NO3. The predicted molar refractivity (Wildman–Crippen MR) is 54.0 cm³/mol. The summed E-state index contributed by atoms with van der Waals surface area (Å²) in [5, 5.41) is 11.2. The molecule has 4 heteroatoms. The van der Waals surface area contributed by atoms with Crippen LogP contribution in [-0.2, 0) is 9.59 Å². The molecule has 0 heterocycles. The normalized spacial score (nSPS) is 11.1. The second kappa shape index (κ2) is 5.62. The number of nitrogens with one attached hydrogen (secondary N) is 1. The predicted octanol–water partition coefficient (Wildman–Crippen LogP) is 1.55. The molecule has 82 valence electrons. The van der Waals surface area contributed by atoms with Crippen molar-refractivity contribution in [2.75, 3.05) is 0 Å². The smallest absolute Gasteiger partial charge is 0.312 e. The molecule has 0 aliphatic heterocycles. The van der Waals surface area contributed by atoms with E-state index in [4.69, 9.17) is 5.11 Å². The highest BCUT2D eigenvalue weighted by Gasteiger charge is 2.26. The zero-order valence-electron chi connectivity index (χ0n) is 9.09. The first kappa shape index (κ1) is 12.9. The van der Waals surface area contributed by atoms with Crippen molar-refractivity contribution in [2.24, 2.45) is 0 Å². The fourth-order valence-electron chi connectivity index (χ4n) is 1.49. The molecule has 0 rings (SSSR count). The van der Waals surface area contributed by atoms with Gasteiger partial charge in [-0.1, -0.05) is 20.8 Å². The Hall–Kier alpha value is -1.06. The average molecular weight is 201 g/mol. The molecular weight excluding hydrogens is 182 g/mol. The Kier molecular flexibility index (Phi) is 5.20. The molecule has 0 bridgehead atoms. The van der Waals surface area contributed by atoms with Gasteiger partial charge in [0.1, 0.15) is 6.42 Å². The summed E-state index contributed by atoms with van der Waals surface area (Å²) in [6.45, 7) is 5.98. The lowest BCUT2D eigenvalue weighted by molar-refractivity contribution is -0.141. The number of carbonyl (C=O) groups excluding carboxylic acids is 1. The van der Waals surface area contributed by atoms with E-state index in [1.165, 1.54) is 0 Å². The maximum atomic E-state index is 11.3. The highest BCUT2D eigenvalue weighted by atomic mass is 16.4. The molecule has 0 spiro atoms. The fraction of sp³-hybridized carbons (Fsp3) is 0.800. The topological polar surface area (TPSA) is 66.4 Å². The van der Waals surface area contributed by atoms with E-state index in [0.29, 0.717) is 0 Å². The maximum Gasteiger partial charge on any atom is 0.312 e. The molecule has 1 amide bonds. The van der Waals surface area contributed by atoms with Gasteiger partial charge >= 0.3 is 5.97 Å². The minimum absolute atomic E-state index is 0.230. The lowest BCUT2D eigenvalue weighted by Gasteiger charge is -2.31. The zero-order chi connectivity index (χ0) is 11.2. The van der Waals surface area contributed by atoms with Gasteiger partial charge in [0.2, 0.25) is 5.91 Å². The van der Waals surface area contributed by atoms with E-state index in [1.807, 2.05) is 20.8 Å². The Labute approximate surface area is 84.7 Å². The fourth-order valence-corrected chi connectivity index (χ4v) is 1.49. The molecule has 0 saturated heterocycles. The van der Waals surface area contributed by atoms with Crippen LogP contribution in [0.3, 0.4) is 0 Å². The van der Waals surface area contributed by atoms with Gasteiger partial charge in [-0.25, -0.2) is 0 Å². The summed E-state index contributed by atoms with van der Waals surface area (Å²) in [6.07, 6.45) is 2.03. The van der Waals surface area contributed by atoms with E-state index in [1.54, 1.807) is 0 Å². The highest BCUT2D eigenvalue weighted by Crippen LogP contribution is 2.19. The van der Waals surface area contributed by atoms with Gasteiger partial charge in [0.25, 0.3) is 0 Å². The SMILES string of the molecule is CCC(CC)(CC)NC(=O)CC(=O)O. The Bertz CT molecular complexity index is 201. The van der Waals surface area contributed by atoms with Crippen molar-refractivity contribution < 1.29 is 14.7 Å². The Morgan fingerprint density at radius 1 is 1.14 bits per heavy atom. The molecule has 0 aliphatic rings. The van der Waals surface area contributed by atoms with Crippen molar-refractivity contribution in [3.63, 3.8) is 0 Å². The van der Waals surface area contributed by atoms with E-state index < -0.39 is 18.3 Å². The molecule has 0 unspecified atom stereocenters. The monoisotopic (exact) mass is 201 g/mol. The number of carboxylic acid groups (broad SMARTS) is 1. The minimum atomic E-state index is -1.08. The van der Waals surface area contributed by atoms with E-state index in [2.05, 4.69) is 5.32 Å². The van der Waals surface area contributed by atoms with E-state index in [9.17, 15) is 9.59 Å². The molecule has 0 saturated carbocycles. The first-order valence-electron chi connectivity index (χ1n) is 5.02. The molecule has 0 radical (unpaired) electrons. The lowest BCUT2D eigenvalue weighted by atomic mass is 9.89. The van der Waals surface area contributed by atoms with E-state index in [-0.39, 0.29) is 5.54 Å². The van der Waals surface area contributed by atoms with Gasteiger partial charge in [-0.05, 0) is 19.3 Å². The van der Waals surface area contributed by atoms with Crippen molar-refractivity contribution in [3.05, 3.63) is 0 Å². The second-order valence-corrected chi connectivity index (χ2v) is 3.46. The van der Waals surface area contributed by atoms with Crippen LogP contribution in [0.15, 0.2) is 0 Å². The van der Waals surface area contributed by atoms with Gasteiger partial charge in [0.05, 0.1) is 0 Å². The van der Waals surface area contributed by atoms with Crippen LogP contribution in [0.1, 0.15) is 46.5 Å². The van der Waals surface area contributed by atoms with Gasteiger partial charge in [0.15, 0.2) is 0 Å². The van der Waals surface area contributed by atoms with Crippen LogP contribution < -0.4 is 5.32 Å². The number of aliphatic carboxylic acids is 1. The number of amides is 1. The molecule has 0 aromatic heterocycles. The molecule has 0 fully saturated rings. The third-order valence-electron chi connectivity index (χ3n) is 2.75. The summed E-state index contributed by atoms with van der Waals surface area (Å²) in [5.41, 5.74) is -0.230.